The van der Waals surface area contributed by atoms with Crippen molar-refractivity contribution >= 4 is 5.97 Å². The van der Waals surface area contributed by atoms with E-state index in [-0.39, 0.29) is 6.54 Å². The van der Waals surface area contributed by atoms with Crippen LogP contribution in [-0.4, -0.2) is 24.2 Å². The maximum Gasteiger partial charge on any atom is 0.317 e. The van der Waals surface area contributed by atoms with Crippen LogP contribution in [0.25, 0.3) is 0 Å². The molecule has 0 spiro atoms. The predicted molar refractivity (Wildman–Crippen MR) is 64.5 cm³/mol. The van der Waals surface area contributed by atoms with E-state index < -0.39 is 5.97 Å². The van der Waals surface area contributed by atoms with Crippen molar-refractivity contribution in [3.63, 3.8) is 0 Å². The fraction of sp³-hybridized carbons (Fsp3) is 0.462. The Labute approximate surface area is 96.5 Å². The van der Waals surface area contributed by atoms with Crippen LogP contribution in [0.4, 0.5) is 0 Å². The number of carboxylic acid groups (broad SMARTS) is 1. The van der Waals surface area contributed by atoms with Gasteiger partial charge in [0.15, 0.2) is 0 Å². The van der Waals surface area contributed by atoms with Gasteiger partial charge in [-0.15, -0.1) is 0 Å². The van der Waals surface area contributed by atoms with Gasteiger partial charge in [0.1, 0.15) is 0 Å². The molecule has 3 nitrogen and oxygen atoms in total. The molecule has 0 saturated carbocycles. The summed E-state index contributed by atoms with van der Waals surface area (Å²) in [5.74, 6) is 0.0415. The van der Waals surface area contributed by atoms with Gasteiger partial charge in [0.2, 0.25) is 0 Å². The zero-order chi connectivity index (χ0) is 12.0. The lowest BCUT2D eigenvalue weighted by molar-refractivity contribution is -0.135. The Kier molecular flexibility index (Phi) is 4.99. The van der Waals surface area contributed by atoms with Crippen molar-refractivity contribution in [2.45, 2.75) is 19.8 Å². The largest absolute Gasteiger partial charge is 0.480 e. The summed E-state index contributed by atoms with van der Waals surface area (Å²) in [6.07, 6.45) is 0. The smallest absolute Gasteiger partial charge is 0.317 e. The van der Waals surface area contributed by atoms with Gasteiger partial charge in [0, 0.05) is 6.54 Å². The molecule has 2 N–H and O–H groups in total. The molecule has 3 heteroatoms. The summed E-state index contributed by atoms with van der Waals surface area (Å²) >= 11 is 0. The average molecular weight is 221 g/mol. The van der Waals surface area contributed by atoms with E-state index in [1.807, 2.05) is 18.2 Å². The molecule has 1 aromatic rings. The Hall–Kier alpha value is -1.35. The second-order valence-corrected chi connectivity index (χ2v) is 4.29. The summed E-state index contributed by atoms with van der Waals surface area (Å²) in [6.45, 7) is 5.03. The summed E-state index contributed by atoms with van der Waals surface area (Å²) in [6, 6.07) is 10.2. The highest BCUT2D eigenvalue weighted by atomic mass is 16.4. The van der Waals surface area contributed by atoms with Crippen LogP contribution in [0.5, 0.6) is 0 Å². The van der Waals surface area contributed by atoms with E-state index in [0.29, 0.717) is 18.4 Å². The Balaban J connectivity index is 2.58. The molecule has 0 heterocycles. The number of benzene rings is 1. The van der Waals surface area contributed by atoms with Crippen LogP contribution < -0.4 is 5.32 Å². The van der Waals surface area contributed by atoms with Crippen LogP contribution in [0.1, 0.15) is 25.3 Å². The van der Waals surface area contributed by atoms with Crippen LogP contribution in [0.15, 0.2) is 30.3 Å². The van der Waals surface area contributed by atoms with Crippen molar-refractivity contribution in [3.8, 4) is 0 Å². The van der Waals surface area contributed by atoms with E-state index in [0.717, 1.165) is 0 Å². The molecule has 0 aromatic heterocycles. The minimum Gasteiger partial charge on any atom is -0.480 e. The van der Waals surface area contributed by atoms with Gasteiger partial charge in [-0.3, -0.25) is 4.79 Å². The Morgan fingerprint density at radius 2 is 1.94 bits per heavy atom. The molecular weight excluding hydrogens is 202 g/mol. The van der Waals surface area contributed by atoms with Crippen LogP contribution in [0.2, 0.25) is 0 Å². The zero-order valence-corrected chi connectivity index (χ0v) is 9.81. The molecule has 0 bridgehead atoms. The third-order valence-electron chi connectivity index (χ3n) is 2.67. The van der Waals surface area contributed by atoms with Crippen LogP contribution in [0, 0.1) is 5.92 Å². The fourth-order valence-corrected chi connectivity index (χ4v) is 1.77. The standard InChI is InChI=1S/C13H19NO2/c1-10(2)12(8-14-9-13(15)16)11-6-4-3-5-7-11/h3-7,10,12,14H,8-9H2,1-2H3,(H,15,16). The lowest BCUT2D eigenvalue weighted by Gasteiger charge is -2.21. The van der Waals surface area contributed by atoms with E-state index in [1.54, 1.807) is 0 Å². The first-order chi connectivity index (χ1) is 7.61. The molecule has 1 aromatic carbocycles. The molecule has 0 aliphatic heterocycles. The summed E-state index contributed by atoms with van der Waals surface area (Å²) in [5, 5.41) is 11.5. The Morgan fingerprint density at radius 1 is 1.31 bits per heavy atom. The van der Waals surface area contributed by atoms with Gasteiger partial charge in [0.05, 0.1) is 6.54 Å². The van der Waals surface area contributed by atoms with E-state index in [4.69, 9.17) is 5.11 Å². The minimum absolute atomic E-state index is 0.0239. The SMILES string of the molecule is CC(C)C(CNCC(=O)O)c1ccccc1. The maximum atomic E-state index is 10.4. The normalized spacial score (nSPS) is 12.7. The van der Waals surface area contributed by atoms with Gasteiger partial charge < -0.3 is 10.4 Å². The van der Waals surface area contributed by atoms with Gasteiger partial charge in [-0.05, 0) is 17.4 Å². The van der Waals surface area contributed by atoms with Crippen molar-refractivity contribution in [1.29, 1.82) is 0 Å². The number of carbonyl (C=O) groups is 1. The number of rotatable bonds is 6. The Morgan fingerprint density at radius 3 is 2.44 bits per heavy atom. The van der Waals surface area contributed by atoms with E-state index in [9.17, 15) is 4.79 Å². The first-order valence-corrected chi connectivity index (χ1v) is 5.58. The molecule has 0 radical (unpaired) electrons. The van der Waals surface area contributed by atoms with Gasteiger partial charge in [-0.1, -0.05) is 44.2 Å². The molecular formula is C13H19NO2. The number of hydrogen-bond acceptors (Lipinski definition) is 2. The minimum atomic E-state index is -0.810. The molecule has 88 valence electrons. The molecule has 1 rings (SSSR count). The topological polar surface area (TPSA) is 49.3 Å². The van der Waals surface area contributed by atoms with Crippen LogP contribution >= 0.6 is 0 Å². The first-order valence-electron chi connectivity index (χ1n) is 5.58. The van der Waals surface area contributed by atoms with Gasteiger partial charge >= 0.3 is 5.97 Å². The molecule has 16 heavy (non-hydrogen) atoms. The van der Waals surface area contributed by atoms with Crippen molar-refractivity contribution in [3.05, 3.63) is 35.9 Å². The third kappa shape index (κ3) is 4.03. The second kappa shape index (κ2) is 6.28. The van der Waals surface area contributed by atoms with Crippen LogP contribution in [0.3, 0.4) is 0 Å². The highest BCUT2D eigenvalue weighted by Gasteiger charge is 2.15. The van der Waals surface area contributed by atoms with Gasteiger partial charge in [0.25, 0.3) is 0 Å². The summed E-state index contributed by atoms with van der Waals surface area (Å²) in [5.41, 5.74) is 1.26. The number of carboxylic acids is 1. The van der Waals surface area contributed by atoms with Gasteiger partial charge in [-0.2, -0.15) is 0 Å². The molecule has 1 atom stereocenters. The van der Waals surface area contributed by atoms with E-state index in [1.165, 1.54) is 5.56 Å². The lowest BCUT2D eigenvalue weighted by atomic mass is 9.88. The van der Waals surface area contributed by atoms with Crippen molar-refractivity contribution in [1.82, 2.24) is 5.32 Å². The van der Waals surface area contributed by atoms with Gasteiger partial charge in [-0.25, -0.2) is 0 Å². The average Bonchev–Trinajstić information content (AvgIpc) is 2.25. The monoisotopic (exact) mass is 221 g/mol. The zero-order valence-electron chi connectivity index (χ0n) is 9.81. The van der Waals surface area contributed by atoms with Crippen molar-refractivity contribution in [2.24, 2.45) is 5.92 Å². The summed E-state index contributed by atoms with van der Waals surface area (Å²) < 4.78 is 0. The first kappa shape index (κ1) is 12.7. The quantitative estimate of drug-likeness (QED) is 0.773. The number of nitrogens with one attached hydrogen (secondary N) is 1. The van der Waals surface area contributed by atoms with E-state index in [2.05, 4.69) is 31.3 Å². The highest BCUT2D eigenvalue weighted by Crippen LogP contribution is 2.23. The predicted octanol–water partition coefficient (Wildman–Crippen LogP) is 2.10. The Bertz CT molecular complexity index is 322. The molecule has 0 saturated heterocycles. The maximum absolute atomic E-state index is 10.4. The molecule has 0 aliphatic rings. The molecule has 0 amide bonds. The molecule has 1 unspecified atom stereocenters. The van der Waals surface area contributed by atoms with Crippen molar-refractivity contribution in [2.75, 3.05) is 13.1 Å². The van der Waals surface area contributed by atoms with E-state index >= 15 is 0 Å². The number of aliphatic carboxylic acids is 1. The molecule has 0 aliphatic carbocycles. The third-order valence-corrected chi connectivity index (χ3v) is 2.67. The molecule has 0 fully saturated rings. The number of hydrogen-bond donors (Lipinski definition) is 2. The second-order valence-electron chi connectivity index (χ2n) is 4.29. The summed E-state index contributed by atoms with van der Waals surface area (Å²) in [7, 11) is 0. The lowest BCUT2D eigenvalue weighted by Crippen LogP contribution is -2.29. The fourth-order valence-electron chi connectivity index (χ4n) is 1.77. The van der Waals surface area contributed by atoms with Crippen molar-refractivity contribution < 1.29 is 9.90 Å². The summed E-state index contributed by atoms with van der Waals surface area (Å²) in [4.78, 5) is 10.4. The highest BCUT2D eigenvalue weighted by molar-refractivity contribution is 5.69. The van der Waals surface area contributed by atoms with Crippen LogP contribution in [-0.2, 0) is 4.79 Å².